The summed E-state index contributed by atoms with van der Waals surface area (Å²) in [7, 11) is 0. The first kappa shape index (κ1) is 14.4. The number of ether oxygens (including phenoxy) is 1. The number of hydrogen-bond acceptors (Lipinski definition) is 3. The predicted molar refractivity (Wildman–Crippen MR) is 77.5 cm³/mol. The van der Waals surface area contributed by atoms with Gasteiger partial charge in [0, 0.05) is 6.04 Å². The van der Waals surface area contributed by atoms with Crippen molar-refractivity contribution in [3.63, 3.8) is 0 Å². The monoisotopic (exact) mass is 263 g/mol. The smallest absolute Gasteiger partial charge is 0.122 e. The summed E-state index contributed by atoms with van der Waals surface area (Å²) in [6, 6.07) is 6.13. The molecule has 1 saturated heterocycles. The minimum Gasteiger partial charge on any atom is -0.491 e. The van der Waals surface area contributed by atoms with Gasteiger partial charge in [0.25, 0.3) is 0 Å². The van der Waals surface area contributed by atoms with E-state index in [1.807, 2.05) is 45.9 Å². The highest BCUT2D eigenvalue weighted by atomic mass is 16.5. The summed E-state index contributed by atoms with van der Waals surface area (Å²) in [4.78, 5) is 0. The third-order valence-corrected chi connectivity index (χ3v) is 3.86. The quantitative estimate of drug-likeness (QED) is 0.877. The molecular weight excluding hydrogens is 238 g/mol. The molecule has 3 nitrogen and oxygen atoms in total. The summed E-state index contributed by atoms with van der Waals surface area (Å²) in [5.41, 5.74) is 1.21. The summed E-state index contributed by atoms with van der Waals surface area (Å²) in [6.07, 6.45) is 2.33. The second kappa shape index (κ2) is 5.51. The maximum absolute atomic E-state index is 10.8. The molecule has 2 unspecified atom stereocenters. The zero-order chi connectivity index (χ0) is 14.0. The van der Waals surface area contributed by atoms with Crippen LogP contribution in [-0.4, -0.2) is 23.8 Å². The van der Waals surface area contributed by atoms with Crippen LogP contribution in [0.3, 0.4) is 0 Å². The fourth-order valence-corrected chi connectivity index (χ4v) is 2.72. The minimum absolute atomic E-state index is 0.142. The van der Waals surface area contributed by atoms with E-state index in [0.717, 1.165) is 36.3 Å². The molecule has 0 saturated carbocycles. The summed E-state index contributed by atoms with van der Waals surface area (Å²) >= 11 is 0. The van der Waals surface area contributed by atoms with E-state index in [0.29, 0.717) is 0 Å². The van der Waals surface area contributed by atoms with Crippen LogP contribution in [0.2, 0.25) is 0 Å². The van der Waals surface area contributed by atoms with Crippen LogP contribution in [-0.2, 0) is 5.60 Å². The Morgan fingerprint density at radius 3 is 2.68 bits per heavy atom. The lowest BCUT2D eigenvalue weighted by molar-refractivity contribution is 0.0217. The SMILES string of the molecule is Cc1cc(C(C)(O)C2CCCN2)ccc1OC(C)C. The van der Waals surface area contributed by atoms with Crippen LogP contribution in [0, 0.1) is 6.92 Å². The van der Waals surface area contributed by atoms with Gasteiger partial charge in [0.1, 0.15) is 11.4 Å². The van der Waals surface area contributed by atoms with E-state index >= 15 is 0 Å². The standard InChI is InChI=1S/C16H25NO2/c1-11(2)19-14-8-7-13(10-12(14)3)16(4,18)15-6-5-9-17-15/h7-8,10-11,15,17-18H,5-6,9H2,1-4H3. The number of aliphatic hydroxyl groups is 1. The van der Waals surface area contributed by atoms with E-state index in [1.165, 1.54) is 0 Å². The molecule has 1 aromatic rings. The van der Waals surface area contributed by atoms with Gasteiger partial charge in [-0.05, 0) is 70.3 Å². The molecule has 19 heavy (non-hydrogen) atoms. The summed E-state index contributed by atoms with van der Waals surface area (Å²) in [5.74, 6) is 0.897. The lowest BCUT2D eigenvalue weighted by Crippen LogP contribution is -2.42. The summed E-state index contributed by atoms with van der Waals surface area (Å²) in [6.45, 7) is 8.96. The van der Waals surface area contributed by atoms with Crippen LogP contribution in [0.25, 0.3) is 0 Å². The molecule has 0 aromatic heterocycles. The van der Waals surface area contributed by atoms with E-state index < -0.39 is 5.60 Å². The molecule has 0 bridgehead atoms. The molecule has 2 atom stereocenters. The lowest BCUT2D eigenvalue weighted by atomic mass is 9.86. The van der Waals surface area contributed by atoms with Crippen LogP contribution < -0.4 is 10.1 Å². The third kappa shape index (κ3) is 3.10. The Bertz CT molecular complexity index is 434. The van der Waals surface area contributed by atoms with Crippen molar-refractivity contribution in [2.75, 3.05) is 6.54 Å². The highest BCUT2D eigenvalue weighted by molar-refractivity contribution is 5.39. The van der Waals surface area contributed by atoms with Crippen molar-refractivity contribution in [3.05, 3.63) is 29.3 Å². The molecule has 106 valence electrons. The van der Waals surface area contributed by atoms with Gasteiger partial charge in [-0.15, -0.1) is 0 Å². The largest absolute Gasteiger partial charge is 0.491 e. The van der Waals surface area contributed by atoms with Gasteiger partial charge in [-0.2, -0.15) is 0 Å². The van der Waals surface area contributed by atoms with Crippen molar-refractivity contribution in [2.45, 2.75) is 58.3 Å². The molecule has 1 aliphatic rings. The molecule has 0 spiro atoms. The Hall–Kier alpha value is -1.06. The van der Waals surface area contributed by atoms with Gasteiger partial charge in [-0.1, -0.05) is 6.07 Å². The molecule has 3 heteroatoms. The first-order valence-electron chi connectivity index (χ1n) is 7.15. The zero-order valence-corrected chi connectivity index (χ0v) is 12.4. The Kier molecular flexibility index (Phi) is 4.16. The molecule has 1 fully saturated rings. The number of nitrogens with one attached hydrogen (secondary N) is 1. The number of benzene rings is 1. The number of rotatable bonds is 4. The molecule has 0 radical (unpaired) electrons. The Labute approximate surface area is 116 Å². The lowest BCUT2D eigenvalue weighted by Gasteiger charge is -2.31. The Balaban J connectivity index is 2.23. The van der Waals surface area contributed by atoms with Crippen molar-refractivity contribution in [2.24, 2.45) is 0 Å². The number of hydrogen-bond donors (Lipinski definition) is 2. The van der Waals surface area contributed by atoms with Crippen molar-refractivity contribution in [1.29, 1.82) is 0 Å². The second-order valence-corrected chi connectivity index (χ2v) is 5.94. The van der Waals surface area contributed by atoms with E-state index in [9.17, 15) is 5.11 Å². The van der Waals surface area contributed by atoms with Gasteiger partial charge in [-0.25, -0.2) is 0 Å². The molecule has 1 heterocycles. The number of aryl methyl sites for hydroxylation is 1. The van der Waals surface area contributed by atoms with Gasteiger partial charge in [0.15, 0.2) is 0 Å². The first-order valence-corrected chi connectivity index (χ1v) is 7.15. The topological polar surface area (TPSA) is 41.5 Å². The van der Waals surface area contributed by atoms with E-state index in [2.05, 4.69) is 5.32 Å². The molecular formula is C16H25NO2. The highest BCUT2D eigenvalue weighted by Crippen LogP contribution is 2.32. The van der Waals surface area contributed by atoms with Crippen LogP contribution in [0.15, 0.2) is 18.2 Å². The fourth-order valence-electron chi connectivity index (χ4n) is 2.72. The van der Waals surface area contributed by atoms with Crippen molar-refractivity contribution in [3.8, 4) is 5.75 Å². The van der Waals surface area contributed by atoms with Crippen molar-refractivity contribution >= 4 is 0 Å². The molecule has 0 aliphatic carbocycles. The van der Waals surface area contributed by atoms with Gasteiger partial charge < -0.3 is 15.2 Å². The summed E-state index contributed by atoms with van der Waals surface area (Å²) < 4.78 is 5.74. The third-order valence-electron chi connectivity index (χ3n) is 3.86. The molecule has 0 amide bonds. The summed E-state index contributed by atoms with van der Waals surface area (Å²) in [5, 5.41) is 14.2. The van der Waals surface area contributed by atoms with Crippen LogP contribution >= 0.6 is 0 Å². The van der Waals surface area contributed by atoms with Crippen LogP contribution in [0.1, 0.15) is 44.7 Å². The fraction of sp³-hybridized carbons (Fsp3) is 0.625. The molecule has 2 N–H and O–H groups in total. The minimum atomic E-state index is -0.822. The average Bonchev–Trinajstić information content (AvgIpc) is 2.85. The van der Waals surface area contributed by atoms with Crippen LogP contribution in [0.5, 0.6) is 5.75 Å². The molecule has 1 aromatic carbocycles. The maximum atomic E-state index is 10.8. The van der Waals surface area contributed by atoms with Crippen molar-refractivity contribution < 1.29 is 9.84 Å². The van der Waals surface area contributed by atoms with E-state index in [1.54, 1.807) is 0 Å². The van der Waals surface area contributed by atoms with Gasteiger partial charge in [0.05, 0.1) is 6.10 Å². The first-order chi connectivity index (χ1) is 8.91. The molecule has 2 rings (SSSR count). The van der Waals surface area contributed by atoms with Crippen LogP contribution in [0.4, 0.5) is 0 Å². The second-order valence-electron chi connectivity index (χ2n) is 5.94. The molecule has 1 aliphatic heterocycles. The van der Waals surface area contributed by atoms with Gasteiger partial charge in [0.2, 0.25) is 0 Å². The highest BCUT2D eigenvalue weighted by Gasteiger charge is 2.35. The van der Waals surface area contributed by atoms with E-state index in [4.69, 9.17) is 4.74 Å². The van der Waals surface area contributed by atoms with Gasteiger partial charge in [-0.3, -0.25) is 0 Å². The predicted octanol–water partition coefficient (Wildman–Crippen LogP) is 2.74. The zero-order valence-electron chi connectivity index (χ0n) is 12.4. The Morgan fingerprint density at radius 1 is 1.42 bits per heavy atom. The average molecular weight is 263 g/mol. The van der Waals surface area contributed by atoms with Gasteiger partial charge >= 0.3 is 0 Å². The maximum Gasteiger partial charge on any atom is 0.122 e. The van der Waals surface area contributed by atoms with Crippen molar-refractivity contribution in [1.82, 2.24) is 5.32 Å². The van der Waals surface area contributed by atoms with E-state index in [-0.39, 0.29) is 12.1 Å². The Morgan fingerprint density at radius 2 is 2.16 bits per heavy atom. The normalized spacial score (nSPS) is 22.5.